The van der Waals surface area contributed by atoms with Crippen LogP contribution in [0.4, 0.5) is 0 Å². The van der Waals surface area contributed by atoms with E-state index in [0.29, 0.717) is 0 Å². The number of rotatable bonds is 2. The fraction of sp³-hybridized carbons (Fsp3) is 0.474. The highest BCUT2D eigenvalue weighted by Crippen LogP contribution is 2.35. The Kier molecular flexibility index (Phi) is 4.14. The molecule has 0 saturated carbocycles. The van der Waals surface area contributed by atoms with Crippen molar-refractivity contribution in [2.75, 3.05) is 26.7 Å². The molecular weight excluding hydrogens is 304 g/mol. The van der Waals surface area contributed by atoms with Crippen molar-refractivity contribution in [2.45, 2.75) is 31.5 Å². The van der Waals surface area contributed by atoms with E-state index in [1.165, 1.54) is 10.4 Å². The topological polar surface area (TPSA) is 15.7 Å². The lowest BCUT2D eigenvalue weighted by atomic mass is 9.90. The molecule has 1 aromatic carbocycles. The fourth-order valence-corrected chi connectivity index (χ4v) is 4.47. The summed E-state index contributed by atoms with van der Waals surface area (Å²) in [5, 5.41) is 2.17. The van der Waals surface area contributed by atoms with Gasteiger partial charge in [-0.2, -0.15) is 0 Å². The molecule has 1 aromatic heterocycles. The van der Waals surface area contributed by atoms with Crippen molar-refractivity contribution in [1.29, 1.82) is 0 Å². The summed E-state index contributed by atoms with van der Waals surface area (Å²) in [5.41, 5.74) is 1.29. The van der Waals surface area contributed by atoms with Gasteiger partial charge in [-0.1, -0.05) is 24.3 Å². The number of para-hydroxylation sites is 1. The maximum Gasteiger partial charge on any atom is 0.124 e. The van der Waals surface area contributed by atoms with Gasteiger partial charge in [0.05, 0.1) is 0 Å². The Morgan fingerprint density at radius 1 is 1.13 bits per heavy atom. The van der Waals surface area contributed by atoms with E-state index < -0.39 is 0 Å². The Morgan fingerprint density at radius 2 is 1.96 bits per heavy atom. The van der Waals surface area contributed by atoms with E-state index in [2.05, 4.69) is 58.6 Å². The number of thiophene rings is 1. The quantitative estimate of drug-likeness (QED) is 0.837. The van der Waals surface area contributed by atoms with Crippen LogP contribution >= 0.6 is 11.3 Å². The lowest BCUT2D eigenvalue weighted by molar-refractivity contribution is -0.0144. The summed E-state index contributed by atoms with van der Waals surface area (Å²) in [6, 6.07) is 13.0. The van der Waals surface area contributed by atoms with Gasteiger partial charge in [-0.3, -0.25) is 4.90 Å². The SMILES string of the molecule is CN1CCC2(CC1)CN(Cc1cccs1)Cc1ccccc1O2. The molecule has 2 aromatic rings. The van der Waals surface area contributed by atoms with Crippen LogP contribution in [-0.2, 0) is 13.1 Å². The van der Waals surface area contributed by atoms with Crippen LogP contribution in [-0.4, -0.2) is 42.1 Å². The standard InChI is InChI=1S/C19H24N2OS/c1-20-10-8-19(9-11-20)15-21(14-17-6-4-12-23-17)13-16-5-2-3-7-18(16)22-19/h2-7,12H,8-11,13-15H2,1H3. The van der Waals surface area contributed by atoms with Gasteiger partial charge in [0.2, 0.25) is 0 Å². The van der Waals surface area contributed by atoms with Gasteiger partial charge in [0.15, 0.2) is 0 Å². The van der Waals surface area contributed by atoms with Gasteiger partial charge >= 0.3 is 0 Å². The summed E-state index contributed by atoms with van der Waals surface area (Å²) in [5.74, 6) is 1.09. The third-order valence-electron chi connectivity index (χ3n) is 5.06. The normalized spacial score (nSPS) is 21.6. The molecule has 0 aliphatic carbocycles. The molecule has 2 aliphatic rings. The Balaban J connectivity index is 1.63. The van der Waals surface area contributed by atoms with Gasteiger partial charge in [0.25, 0.3) is 0 Å². The zero-order valence-corrected chi connectivity index (χ0v) is 14.5. The van der Waals surface area contributed by atoms with Crippen LogP contribution in [0.25, 0.3) is 0 Å². The van der Waals surface area contributed by atoms with E-state index in [4.69, 9.17) is 4.74 Å². The first-order valence-corrected chi connectivity index (χ1v) is 9.31. The summed E-state index contributed by atoms with van der Waals surface area (Å²) in [7, 11) is 2.21. The molecule has 0 unspecified atom stereocenters. The van der Waals surface area contributed by atoms with Gasteiger partial charge < -0.3 is 9.64 Å². The maximum atomic E-state index is 6.62. The van der Waals surface area contributed by atoms with Gasteiger partial charge in [0.1, 0.15) is 11.4 Å². The second kappa shape index (κ2) is 6.27. The molecule has 122 valence electrons. The van der Waals surface area contributed by atoms with E-state index in [9.17, 15) is 0 Å². The van der Waals surface area contributed by atoms with Crippen molar-refractivity contribution < 1.29 is 4.74 Å². The zero-order valence-electron chi connectivity index (χ0n) is 13.7. The number of hydrogen-bond donors (Lipinski definition) is 0. The van der Waals surface area contributed by atoms with Crippen LogP contribution in [0.1, 0.15) is 23.3 Å². The Hall–Kier alpha value is -1.36. The van der Waals surface area contributed by atoms with Gasteiger partial charge in [0, 0.05) is 56.0 Å². The predicted octanol–water partition coefficient (Wildman–Crippen LogP) is 3.61. The number of ether oxygens (including phenoxy) is 1. The molecule has 0 atom stereocenters. The molecule has 3 nitrogen and oxygen atoms in total. The number of hydrogen-bond acceptors (Lipinski definition) is 4. The van der Waals surface area contributed by atoms with Crippen LogP contribution in [0.5, 0.6) is 5.75 Å². The maximum absolute atomic E-state index is 6.62. The van der Waals surface area contributed by atoms with Crippen molar-refractivity contribution in [3.63, 3.8) is 0 Å². The molecule has 0 bridgehead atoms. The van der Waals surface area contributed by atoms with E-state index in [1.54, 1.807) is 0 Å². The van der Waals surface area contributed by atoms with E-state index in [1.807, 2.05) is 11.3 Å². The molecule has 0 amide bonds. The molecule has 4 rings (SSSR count). The first-order valence-electron chi connectivity index (χ1n) is 8.43. The molecule has 23 heavy (non-hydrogen) atoms. The monoisotopic (exact) mass is 328 g/mol. The molecular formula is C19H24N2OS. The smallest absolute Gasteiger partial charge is 0.124 e. The van der Waals surface area contributed by atoms with Crippen molar-refractivity contribution in [1.82, 2.24) is 9.80 Å². The highest BCUT2D eigenvalue weighted by atomic mass is 32.1. The van der Waals surface area contributed by atoms with Crippen LogP contribution in [0, 0.1) is 0 Å². The average Bonchev–Trinajstić information content (AvgIpc) is 2.99. The molecule has 0 radical (unpaired) electrons. The van der Waals surface area contributed by atoms with E-state index in [-0.39, 0.29) is 5.60 Å². The lowest BCUT2D eigenvalue weighted by Crippen LogP contribution is -2.52. The minimum absolute atomic E-state index is 0.0314. The van der Waals surface area contributed by atoms with Crippen molar-refractivity contribution in [3.05, 3.63) is 52.2 Å². The largest absolute Gasteiger partial charge is 0.486 e. The molecule has 4 heteroatoms. The molecule has 1 saturated heterocycles. The van der Waals surface area contributed by atoms with E-state index in [0.717, 1.165) is 51.3 Å². The van der Waals surface area contributed by atoms with Crippen LogP contribution in [0.3, 0.4) is 0 Å². The van der Waals surface area contributed by atoms with E-state index >= 15 is 0 Å². The summed E-state index contributed by atoms with van der Waals surface area (Å²) < 4.78 is 6.62. The third kappa shape index (κ3) is 3.30. The highest BCUT2D eigenvalue weighted by Gasteiger charge is 2.40. The molecule has 3 heterocycles. The van der Waals surface area contributed by atoms with Crippen molar-refractivity contribution in [3.8, 4) is 5.75 Å². The summed E-state index contributed by atoms with van der Waals surface area (Å²) >= 11 is 1.85. The average molecular weight is 328 g/mol. The predicted molar refractivity (Wildman–Crippen MR) is 95.0 cm³/mol. The molecule has 1 spiro atoms. The number of benzene rings is 1. The lowest BCUT2D eigenvalue weighted by Gasteiger charge is -2.41. The van der Waals surface area contributed by atoms with Gasteiger partial charge in [-0.25, -0.2) is 0 Å². The minimum atomic E-state index is -0.0314. The number of piperidine rings is 1. The number of nitrogens with zero attached hydrogens (tertiary/aromatic N) is 2. The Bertz CT molecular complexity index is 647. The van der Waals surface area contributed by atoms with Gasteiger partial charge in [-0.15, -0.1) is 11.3 Å². The van der Waals surface area contributed by atoms with Crippen molar-refractivity contribution >= 4 is 11.3 Å². The van der Waals surface area contributed by atoms with Crippen LogP contribution in [0.2, 0.25) is 0 Å². The van der Waals surface area contributed by atoms with Crippen LogP contribution in [0.15, 0.2) is 41.8 Å². The highest BCUT2D eigenvalue weighted by molar-refractivity contribution is 7.09. The molecule has 1 fully saturated rings. The number of fused-ring (bicyclic) bond motifs is 1. The third-order valence-corrected chi connectivity index (χ3v) is 5.92. The molecule has 0 N–H and O–H groups in total. The number of likely N-dealkylation sites (tertiary alicyclic amines) is 1. The first kappa shape index (κ1) is 15.2. The Labute approximate surface area is 142 Å². The Morgan fingerprint density at radius 3 is 2.74 bits per heavy atom. The molecule has 2 aliphatic heterocycles. The second-order valence-corrected chi connectivity index (χ2v) is 7.95. The first-order chi connectivity index (χ1) is 11.2. The van der Waals surface area contributed by atoms with Crippen molar-refractivity contribution in [2.24, 2.45) is 0 Å². The second-order valence-electron chi connectivity index (χ2n) is 6.92. The minimum Gasteiger partial charge on any atom is -0.486 e. The zero-order chi connectivity index (χ0) is 15.7. The summed E-state index contributed by atoms with van der Waals surface area (Å²) in [6.45, 7) is 5.26. The summed E-state index contributed by atoms with van der Waals surface area (Å²) in [4.78, 5) is 6.42. The van der Waals surface area contributed by atoms with Crippen LogP contribution < -0.4 is 4.74 Å². The summed E-state index contributed by atoms with van der Waals surface area (Å²) in [6.07, 6.45) is 2.22. The fourth-order valence-electron chi connectivity index (χ4n) is 3.72. The van der Waals surface area contributed by atoms with Gasteiger partial charge in [-0.05, 0) is 24.6 Å².